The number of ketones is 1. The Morgan fingerprint density at radius 1 is 0.650 bits per heavy atom. The normalized spacial score (nSPS) is 11.7. The van der Waals surface area contributed by atoms with E-state index in [9.17, 15) is 4.79 Å². The Hall–Kier alpha value is -1.89. The standard InChI is InChI=1S/C15H12O.2C2H6/c16-15-13-7-3-1-5-11(13)9-10-12-6-2-4-8-14(12)15;2*1-2/h1-8H,9-10H2;2*1-2H3. The molecule has 1 heteroatoms. The minimum atomic E-state index is 0.170. The highest BCUT2D eigenvalue weighted by Gasteiger charge is 2.19. The SMILES string of the molecule is CC.CC.O=C1c2ccccc2CCc2ccccc21. The Morgan fingerprint density at radius 3 is 1.40 bits per heavy atom. The van der Waals surface area contributed by atoms with E-state index in [-0.39, 0.29) is 5.78 Å². The molecule has 1 aliphatic carbocycles. The number of rotatable bonds is 0. The molecule has 0 heterocycles. The third-order valence-corrected chi connectivity index (χ3v) is 3.19. The van der Waals surface area contributed by atoms with Crippen molar-refractivity contribution >= 4 is 5.78 Å². The average Bonchev–Trinajstić information content (AvgIpc) is 2.70. The molecule has 106 valence electrons. The van der Waals surface area contributed by atoms with Gasteiger partial charge in [0.05, 0.1) is 0 Å². The van der Waals surface area contributed by atoms with Crippen molar-refractivity contribution in [3.05, 3.63) is 70.8 Å². The first kappa shape index (κ1) is 16.2. The Balaban J connectivity index is 0.000000461. The number of carbonyl (C=O) groups excluding carboxylic acids is 1. The zero-order chi connectivity index (χ0) is 15.0. The molecule has 20 heavy (non-hydrogen) atoms. The summed E-state index contributed by atoms with van der Waals surface area (Å²) in [5.74, 6) is 0.170. The van der Waals surface area contributed by atoms with Gasteiger partial charge in [0, 0.05) is 11.1 Å². The predicted octanol–water partition coefficient (Wildman–Crippen LogP) is 5.07. The highest BCUT2D eigenvalue weighted by molar-refractivity contribution is 6.11. The molecule has 2 aromatic rings. The van der Waals surface area contributed by atoms with E-state index in [1.165, 1.54) is 11.1 Å². The van der Waals surface area contributed by atoms with Crippen molar-refractivity contribution in [1.82, 2.24) is 0 Å². The van der Waals surface area contributed by atoms with E-state index >= 15 is 0 Å². The summed E-state index contributed by atoms with van der Waals surface area (Å²) in [5, 5.41) is 0. The summed E-state index contributed by atoms with van der Waals surface area (Å²) in [5.41, 5.74) is 4.08. The molecule has 0 atom stereocenters. The summed E-state index contributed by atoms with van der Waals surface area (Å²) < 4.78 is 0. The topological polar surface area (TPSA) is 17.1 Å². The molecule has 3 rings (SSSR count). The van der Waals surface area contributed by atoms with Crippen LogP contribution in [-0.4, -0.2) is 5.78 Å². The van der Waals surface area contributed by atoms with Crippen molar-refractivity contribution in [3.8, 4) is 0 Å². The van der Waals surface area contributed by atoms with E-state index in [0.29, 0.717) is 0 Å². The maximum Gasteiger partial charge on any atom is 0.193 e. The molecule has 0 bridgehead atoms. The molecule has 0 fully saturated rings. The smallest absolute Gasteiger partial charge is 0.193 e. The highest BCUT2D eigenvalue weighted by Crippen LogP contribution is 2.23. The summed E-state index contributed by atoms with van der Waals surface area (Å²) in [6.07, 6.45) is 1.91. The molecule has 2 aromatic carbocycles. The van der Waals surface area contributed by atoms with Crippen molar-refractivity contribution in [3.63, 3.8) is 0 Å². The second-order valence-electron chi connectivity index (χ2n) is 4.14. The van der Waals surface area contributed by atoms with Gasteiger partial charge in [0.15, 0.2) is 5.78 Å². The van der Waals surface area contributed by atoms with E-state index in [0.717, 1.165) is 24.0 Å². The fourth-order valence-corrected chi connectivity index (χ4v) is 2.33. The molecule has 0 aliphatic heterocycles. The Bertz CT molecular complexity index is 506. The molecule has 0 saturated heterocycles. The minimum absolute atomic E-state index is 0.170. The maximum absolute atomic E-state index is 12.3. The number of hydrogen-bond acceptors (Lipinski definition) is 1. The molecular formula is C19H24O. The molecule has 0 spiro atoms. The largest absolute Gasteiger partial charge is 0.289 e. The van der Waals surface area contributed by atoms with Gasteiger partial charge in [-0.25, -0.2) is 0 Å². The van der Waals surface area contributed by atoms with Gasteiger partial charge in [0.25, 0.3) is 0 Å². The Kier molecular flexibility index (Phi) is 6.72. The summed E-state index contributed by atoms with van der Waals surface area (Å²) in [6, 6.07) is 15.8. The molecule has 0 amide bonds. The van der Waals surface area contributed by atoms with Gasteiger partial charge in [-0.2, -0.15) is 0 Å². The zero-order valence-electron chi connectivity index (χ0n) is 12.9. The number of aryl methyl sites for hydroxylation is 2. The molecule has 0 unspecified atom stereocenters. The molecule has 0 N–H and O–H groups in total. The molecule has 0 radical (unpaired) electrons. The van der Waals surface area contributed by atoms with Gasteiger partial charge in [-0.05, 0) is 24.0 Å². The zero-order valence-corrected chi connectivity index (χ0v) is 12.9. The molecule has 1 nitrogen and oxygen atoms in total. The first-order valence-electron chi connectivity index (χ1n) is 7.57. The quantitative estimate of drug-likeness (QED) is 0.652. The highest BCUT2D eigenvalue weighted by atomic mass is 16.1. The van der Waals surface area contributed by atoms with Crippen LogP contribution in [0.25, 0.3) is 0 Å². The summed E-state index contributed by atoms with van der Waals surface area (Å²) in [7, 11) is 0. The predicted molar refractivity (Wildman–Crippen MR) is 86.4 cm³/mol. The third-order valence-electron chi connectivity index (χ3n) is 3.19. The molecular weight excluding hydrogens is 244 g/mol. The summed E-state index contributed by atoms with van der Waals surface area (Å²) in [6.45, 7) is 8.00. The van der Waals surface area contributed by atoms with Crippen molar-refractivity contribution in [2.45, 2.75) is 40.5 Å². The lowest BCUT2D eigenvalue weighted by Gasteiger charge is -2.03. The summed E-state index contributed by atoms with van der Waals surface area (Å²) >= 11 is 0. The monoisotopic (exact) mass is 268 g/mol. The number of carbonyl (C=O) groups is 1. The molecule has 1 aliphatic rings. The van der Waals surface area contributed by atoms with Gasteiger partial charge in [-0.15, -0.1) is 0 Å². The van der Waals surface area contributed by atoms with Crippen LogP contribution in [0.15, 0.2) is 48.5 Å². The average molecular weight is 268 g/mol. The number of fused-ring (bicyclic) bond motifs is 2. The van der Waals surface area contributed by atoms with Gasteiger partial charge in [-0.1, -0.05) is 76.2 Å². The molecule has 0 aromatic heterocycles. The van der Waals surface area contributed by atoms with Crippen LogP contribution in [0.2, 0.25) is 0 Å². The van der Waals surface area contributed by atoms with Crippen LogP contribution in [0.5, 0.6) is 0 Å². The third kappa shape index (κ3) is 3.36. The van der Waals surface area contributed by atoms with E-state index in [4.69, 9.17) is 0 Å². The number of benzene rings is 2. The Labute approximate surface area is 122 Å². The second kappa shape index (κ2) is 8.31. The van der Waals surface area contributed by atoms with Crippen LogP contribution in [0.4, 0.5) is 0 Å². The lowest BCUT2D eigenvalue weighted by Crippen LogP contribution is -2.03. The van der Waals surface area contributed by atoms with Gasteiger partial charge in [-0.3, -0.25) is 4.79 Å². The fraction of sp³-hybridized carbons (Fsp3) is 0.316. The van der Waals surface area contributed by atoms with E-state index in [1.54, 1.807) is 0 Å². The van der Waals surface area contributed by atoms with E-state index < -0.39 is 0 Å². The van der Waals surface area contributed by atoms with Crippen LogP contribution in [0, 0.1) is 0 Å². The summed E-state index contributed by atoms with van der Waals surface area (Å²) in [4.78, 5) is 12.3. The van der Waals surface area contributed by atoms with Gasteiger partial charge in [0.1, 0.15) is 0 Å². The second-order valence-corrected chi connectivity index (χ2v) is 4.14. The number of hydrogen-bond donors (Lipinski definition) is 0. The molecule has 0 saturated carbocycles. The van der Waals surface area contributed by atoms with Crippen LogP contribution in [0.3, 0.4) is 0 Å². The minimum Gasteiger partial charge on any atom is -0.289 e. The van der Waals surface area contributed by atoms with Crippen molar-refractivity contribution in [2.75, 3.05) is 0 Å². The first-order chi connectivity index (χ1) is 9.86. The van der Waals surface area contributed by atoms with E-state index in [1.807, 2.05) is 64.1 Å². The van der Waals surface area contributed by atoms with E-state index in [2.05, 4.69) is 12.1 Å². The van der Waals surface area contributed by atoms with Crippen LogP contribution >= 0.6 is 0 Å². The van der Waals surface area contributed by atoms with Crippen molar-refractivity contribution < 1.29 is 4.79 Å². The van der Waals surface area contributed by atoms with Gasteiger partial charge >= 0.3 is 0 Å². The Morgan fingerprint density at radius 2 is 1.00 bits per heavy atom. The van der Waals surface area contributed by atoms with Crippen LogP contribution < -0.4 is 0 Å². The lowest BCUT2D eigenvalue weighted by atomic mass is 9.99. The van der Waals surface area contributed by atoms with Crippen LogP contribution in [0.1, 0.15) is 54.7 Å². The van der Waals surface area contributed by atoms with Crippen molar-refractivity contribution in [2.24, 2.45) is 0 Å². The van der Waals surface area contributed by atoms with Gasteiger partial charge in [0.2, 0.25) is 0 Å². The van der Waals surface area contributed by atoms with Gasteiger partial charge < -0.3 is 0 Å². The lowest BCUT2D eigenvalue weighted by molar-refractivity contribution is 0.103. The first-order valence-corrected chi connectivity index (χ1v) is 7.57. The van der Waals surface area contributed by atoms with Crippen LogP contribution in [-0.2, 0) is 12.8 Å². The van der Waals surface area contributed by atoms with Crippen molar-refractivity contribution in [1.29, 1.82) is 0 Å². The fourth-order valence-electron chi connectivity index (χ4n) is 2.33. The maximum atomic E-state index is 12.3.